The summed E-state index contributed by atoms with van der Waals surface area (Å²) >= 11 is 0. The number of para-hydroxylation sites is 1. The standard InChI is InChI=1S/C18H21N5O3/c24-17(8-10-20-18-16(23(25)26)7-4-9-19-18)22-13-11-21(12-14-22)15-5-2-1-3-6-15/h1-7,9H,8,10-14H2,(H,19,20). The smallest absolute Gasteiger partial charge is 0.311 e. The van der Waals surface area contributed by atoms with Crippen molar-refractivity contribution >= 4 is 23.1 Å². The largest absolute Gasteiger partial charge is 0.368 e. The van der Waals surface area contributed by atoms with Gasteiger partial charge in [-0.05, 0) is 18.2 Å². The molecule has 0 aliphatic carbocycles. The molecule has 0 unspecified atom stereocenters. The monoisotopic (exact) mass is 355 g/mol. The second-order valence-corrected chi connectivity index (χ2v) is 6.01. The van der Waals surface area contributed by atoms with Crippen molar-refractivity contribution in [3.63, 3.8) is 0 Å². The van der Waals surface area contributed by atoms with E-state index in [0.29, 0.717) is 19.6 Å². The van der Waals surface area contributed by atoms with Gasteiger partial charge in [-0.2, -0.15) is 0 Å². The molecule has 1 saturated heterocycles. The van der Waals surface area contributed by atoms with Crippen molar-refractivity contribution in [2.45, 2.75) is 6.42 Å². The number of nitrogens with zero attached hydrogens (tertiary/aromatic N) is 4. The van der Waals surface area contributed by atoms with E-state index >= 15 is 0 Å². The van der Waals surface area contributed by atoms with Gasteiger partial charge in [0.2, 0.25) is 11.7 Å². The van der Waals surface area contributed by atoms with Gasteiger partial charge in [0.25, 0.3) is 0 Å². The first-order valence-electron chi connectivity index (χ1n) is 8.56. The van der Waals surface area contributed by atoms with Crippen molar-refractivity contribution in [1.29, 1.82) is 0 Å². The molecule has 1 aliphatic rings. The van der Waals surface area contributed by atoms with E-state index in [1.807, 2.05) is 23.1 Å². The lowest BCUT2D eigenvalue weighted by atomic mass is 10.2. The number of piperazine rings is 1. The zero-order chi connectivity index (χ0) is 18.4. The van der Waals surface area contributed by atoms with Crippen molar-refractivity contribution in [3.05, 3.63) is 58.8 Å². The van der Waals surface area contributed by atoms with Gasteiger partial charge < -0.3 is 15.1 Å². The van der Waals surface area contributed by atoms with Crippen LogP contribution in [0, 0.1) is 10.1 Å². The van der Waals surface area contributed by atoms with E-state index < -0.39 is 4.92 Å². The highest BCUT2D eigenvalue weighted by molar-refractivity contribution is 5.77. The minimum Gasteiger partial charge on any atom is -0.368 e. The number of nitrogens with one attached hydrogen (secondary N) is 1. The Morgan fingerprint density at radius 2 is 1.85 bits per heavy atom. The van der Waals surface area contributed by atoms with Gasteiger partial charge >= 0.3 is 5.69 Å². The molecule has 0 saturated carbocycles. The molecule has 1 aromatic heterocycles. The molecule has 0 radical (unpaired) electrons. The summed E-state index contributed by atoms with van der Waals surface area (Å²) in [5.74, 6) is 0.239. The number of aromatic nitrogens is 1. The average molecular weight is 355 g/mol. The third-order valence-electron chi connectivity index (χ3n) is 4.37. The van der Waals surface area contributed by atoms with Crippen LogP contribution in [0.2, 0.25) is 0 Å². The van der Waals surface area contributed by atoms with Crippen LogP contribution in [0.3, 0.4) is 0 Å². The highest BCUT2D eigenvalue weighted by atomic mass is 16.6. The molecule has 2 aromatic rings. The number of amides is 1. The predicted molar refractivity (Wildman–Crippen MR) is 99.2 cm³/mol. The maximum atomic E-state index is 12.4. The van der Waals surface area contributed by atoms with E-state index in [0.717, 1.165) is 13.1 Å². The van der Waals surface area contributed by atoms with Crippen molar-refractivity contribution in [1.82, 2.24) is 9.88 Å². The lowest BCUT2D eigenvalue weighted by molar-refractivity contribution is -0.384. The van der Waals surface area contributed by atoms with Crippen LogP contribution in [-0.4, -0.2) is 53.4 Å². The van der Waals surface area contributed by atoms with E-state index in [9.17, 15) is 14.9 Å². The van der Waals surface area contributed by atoms with E-state index in [-0.39, 0.29) is 23.8 Å². The van der Waals surface area contributed by atoms with Crippen molar-refractivity contribution in [3.8, 4) is 0 Å². The van der Waals surface area contributed by atoms with Crippen LogP contribution >= 0.6 is 0 Å². The first kappa shape index (κ1) is 17.7. The Balaban J connectivity index is 1.46. The van der Waals surface area contributed by atoms with Crippen molar-refractivity contribution in [2.75, 3.05) is 42.9 Å². The Labute approximate surface area is 151 Å². The van der Waals surface area contributed by atoms with Gasteiger partial charge in [-0.1, -0.05) is 18.2 Å². The molecule has 1 N–H and O–H groups in total. The zero-order valence-electron chi connectivity index (χ0n) is 14.4. The molecule has 1 aliphatic heterocycles. The number of anilines is 2. The summed E-state index contributed by atoms with van der Waals surface area (Å²) in [6.45, 7) is 3.27. The van der Waals surface area contributed by atoms with Crippen molar-refractivity contribution < 1.29 is 9.72 Å². The van der Waals surface area contributed by atoms with Gasteiger partial charge in [-0.15, -0.1) is 0 Å². The fourth-order valence-corrected chi connectivity index (χ4v) is 2.98. The molecule has 0 bridgehead atoms. The van der Waals surface area contributed by atoms with Crippen LogP contribution in [0.5, 0.6) is 0 Å². The average Bonchev–Trinajstić information content (AvgIpc) is 2.69. The van der Waals surface area contributed by atoms with Gasteiger partial charge in [0.1, 0.15) is 0 Å². The van der Waals surface area contributed by atoms with Gasteiger partial charge in [0.05, 0.1) is 4.92 Å². The molecular formula is C18H21N5O3. The predicted octanol–water partition coefficient (Wildman–Crippen LogP) is 2.14. The third kappa shape index (κ3) is 4.27. The number of pyridine rings is 1. The van der Waals surface area contributed by atoms with Gasteiger partial charge in [0.15, 0.2) is 0 Å². The first-order valence-corrected chi connectivity index (χ1v) is 8.56. The number of rotatable bonds is 6. The molecule has 8 nitrogen and oxygen atoms in total. The van der Waals surface area contributed by atoms with Crippen molar-refractivity contribution in [2.24, 2.45) is 0 Å². The first-order chi connectivity index (χ1) is 12.6. The lowest BCUT2D eigenvalue weighted by Crippen LogP contribution is -2.49. The molecule has 1 amide bonds. The molecule has 0 atom stereocenters. The maximum absolute atomic E-state index is 12.4. The van der Waals surface area contributed by atoms with Crippen LogP contribution in [0.4, 0.5) is 17.2 Å². The van der Waals surface area contributed by atoms with Gasteiger partial charge in [-0.25, -0.2) is 4.98 Å². The number of carbonyl (C=O) groups excluding carboxylic acids is 1. The van der Waals surface area contributed by atoms with Crippen LogP contribution in [0.15, 0.2) is 48.7 Å². The van der Waals surface area contributed by atoms with Crippen LogP contribution in [0.1, 0.15) is 6.42 Å². The van der Waals surface area contributed by atoms with E-state index in [2.05, 4.69) is 27.3 Å². The SMILES string of the molecule is O=C(CCNc1ncccc1[N+](=O)[O-])N1CCN(c2ccccc2)CC1. The van der Waals surface area contributed by atoms with Crippen LogP contribution in [-0.2, 0) is 4.79 Å². The summed E-state index contributed by atoms with van der Waals surface area (Å²) in [6, 6.07) is 13.1. The molecule has 1 fully saturated rings. The fourth-order valence-electron chi connectivity index (χ4n) is 2.98. The fraction of sp³-hybridized carbons (Fsp3) is 0.333. The Morgan fingerprint density at radius 3 is 2.54 bits per heavy atom. The zero-order valence-corrected chi connectivity index (χ0v) is 14.4. The van der Waals surface area contributed by atoms with E-state index in [1.165, 1.54) is 24.0 Å². The molecule has 26 heavy (non-hydrogen) atoms. The lowest BCUT2D eigenvalue weighted by Gasteiger charge is -2.36. The van der Waals surface area contributed by atoms with E-state index in [1.54, 1.807) is 0 Å². The molecule has 8 heteroatoms. The Bertz CT molecular complexity index is 760. The highest BCUT2D eigenvalue weighted by Gasteiger charge is 2.21. The Hall–Kier alpha value is -3.16. The summed E-state index contributed by atoms with van der Waals surface area (Å²) in [7, 11) is 0. The van der Waals surface area contributed by atoms with Crippen LogP contribution < -0.4 is 10.2 Å². The van der Waals surface area contributed by atoms with E-state index in [4.69, 9.17) is 0 Å². The number of nitro groups is 1. The summed E-state index contributed by atoms with van der Waals surface area (Å²) in [5, 5.41) is 13.8. The number of hydrogen-bond donors (Lipinski definition) is 1. The molecular weight excluding hydrogens is 334 g/mol. The Kier molecular flexibility index (Phi) is 5.62. The quantitative estimate of drug-likeness (QED) is 0.630. The second kappa shape index (κ2) is 8.28. The summed E-state index contributed by atoms with van der Waals surface area (Å²) in [6.07, 6.45) is 1.76. The molecule has 1 aromatic carbocycles. The topological polar surface area (TPSA) is 91.6 Å². The number of carbonyl (C=O) groups is 1. The highest BCUT2D eigenvalue weighted by Crippen LogP contribution is 2.20. The molecule has 136 valence electrons. The minimum atomic E-state index is -0.486. The number of benzene rings is 1. The maximum Gasteiger partial charge on any atom is 0.311 e. The molecule has 3 rings (SSSR count). The second-order valence-electron chi connectivity index (χ2n) is 6.01. The Morgan fingerprint density at radius 1 is 1.12 bits per heavy atom. The number of hydrogen-bond acceptors (Lipinski definition) is 6. The normalized spacial score (nSPS) is 14.2. The minimum absolute atomic E-state index is 0.0452. The van der Waals surface area contributed by atoms with Gasteiger partial charge in [-0.3, -0.25) is 14.9 Å². The summed E-state index contributed by atoms with van der Waals surface area (Å²) in [5.41, 5.74) is 1.08. The summed E-state index contributed by atoms with van der Waals surface area (Å²) in [4.78, 5) is 30.9. The summed E-state index contributed by atoms with van der Waals surface area (Å²) < 4.78 is 0. The van der Waals surface area contributed by atoms with Gasteiger partial charge in [0, 0.05) is 57.1 Å². The third-order valence-corrected chi connectivity index (χ3v) is 4.37. The van der Waals surface area contributed by atoms with Crippen LogP contribution in [0.25, 0.3) is 0 Å². The molecule has 2 heterocycles. The molecule has 0 spiro atoms.